The third-order valence-corrected chi connectivity index (χ3v) is 5.03. The van der Waals surface area contributed by atoms with Gasteiger partial charge in [0.15, 0.2) is 0 Å². The van der Waals surface area contributed by atoms with Gasteiger partial charge in [0, 0.05) is 0 Å². The molecule has 168 valence electrons. The van der Waals surface area contributed by atoms with Crippen molar-refractivity contribution in [3.63, 3.8) is 0 Å². The van der Waals surface area contributed by atoms with E-state index in [9.17, 15) is 14.4 Å². The summed E-state index contributed by atoms with van der Waals surface area (Å²) in [5.74, 6) is 0.397. The predicted molar refractivity (Wildman–Crippen MR) is 121 cm³/mol. The van der Waals surface area contributed by atoms with Crippen LogP contribution in [-0.2, 0) is 13.1 Å². The Kier molecular flexibility index (Phi) is 6.21. The molecule has 0 bridgehead atoms. The van der Waals surface area contributed by atoms with Gasteiger partial charge < -0.3 is 14.5 Å². The van der Waals surface area contributed by atoms with Crippen molar-refractivity contribution in [3.05, 3.63) is 110 Å². The zero-order valence-electron chi connectivity index (χ0n) is 18.1. The van der Waals surface area contributed by atoms with Crippen molar-refractivity contribution < 1.29 is 13.9 Å². The Morgan fingerprint density at radius 2 is 1.88 bits per heavy atom. The van der Waals surface area contributed by atoms with Crippen LogP contribution in [0.1, 0.15) is 27.4 Å². The largest absolute Gasteiger partial charge is 0.497 e. The molecular weight excluding hydrogens is 424 g/mol. The molecule has 2 aromatic carbocycles. The fraction of sp³-hybridized carbons (Fsp3) is 0.167. The maximum Gasteiger partial charge on any atom is 0.352 e. The van der Waals surface area contributed by atoms with E-state index in [4.69, 9.17) is 9.15 Å². The van der Waals surface area contributed by atoms with Crippen LogP contribution in [0.4, 0.5) is 0 Å². The molecule has 9 heteroatoms. The van der Waals surface area contributed by atoms with Crippen molar-refractivity contribution in [2.24, 2.45) is 0 Å². The molecule has 0 saturated heterocycles. The monoisotopic (exact) mass is 446 g/mol. The molecule has 4 rings (SSSR count). The number of benzene rings is 2. The Morgan fingerprint density at radius 3 is 2.58 bits per heavy atom. The topological polar surface area (TPSA) is 108 Å². The lowest BCUT2D eigenvalue weighted by atomic mass is 10.2. The van der Waals surface area contributed by atoms with Gasteiger partial charge in [0.1, 0.15) is 11.5 Å². The van der Waals surface area contributed by atoms with Crippen LogP contribution < -0.4 is 21.3 Å². The minimum atomic E-state index is -0.789. The van der Waals surface area contributed by atoms with E-state index in [1.165, 1.54) is 13.4 Å². The molecule has 2 heterocycles. The maximum atomic E-state index is 13.2. The number of ether oxygens (including phenoxy) is 1. The first-order valence-electron chi connectivity index (χ1n) is 10.2. The Labute approximate surface area is 188 Å². The van der Waals surface area contributed by atoms with Crippen molar-refractivity contribution in [2.75, 3.05) is 7.11 Å². The van der Waals surface area contributed by atoms with Crippen LogP contribution >= 0.6 is 0 Å². The fourth-order valence-corrected chi connectivity index (χ4v) is 3.27. The molecule has 1 amide bonds. The second-order valence-electron chi connectivity index (χ2n) is 7.38. The van der Waals surface area contributed by atoms with E-state index in [-0.39, 0.29) is 13.1 Å². The molecule has 0 aliphatic carbocycles. The zero-order valence-corrected chi connectivity index (χ0v) is 18.1. The molecule has 33 heavy (non-hydrogen) atoms. The highest BCUT2D eigenvalue weighted by atomic mass is 16.5. The first-order chi connectivity index (χ1) is 16.0. The molecule has 0 saturated carbocycles. The summed E-state index contributed by atoms with van der Waals surface area (Å²) < 4.78 is 12.5. The van der Waals surface area contributed by atoms with Gasteiger partial charge in [-0.3, -0.25) is 14.2 Å². The number of hydrogen-bond acceptors (Lipinski definition) is 6. The Balaban J connectivity index is 1.79. The molecule has 0 aliphatic rings. The first kappa shape index (κ1) is 21.8. The van der Waals surface area contributed by atoms with E-state index in [0.717, 1.165) is 14.8 Å². The van der Waals surface area contributed by atoms with Gasteiger partial charge >= 0.3 is 5.69 Å². The molecule has 0 atom stereocenters. The van der Waals surface area contributed by atoms with E-state index in [0.29, 0.717) is 22.8 Å². The van der Waals surface area contributed by atoms with E-state index in [1.54, 1.807) is 48.5 Å². The van der Waals surface area contributed by atoms with Crippen molar-refractivity contribution in [1.29, 1.82) is 0 Å². The fourth-order valence-electron chi connectivity index (χ4n) is 3.27. The van der Waals surface area contributed by atoms with Gasteiger partial charge in [-0.15, -0.1) is 0 Å². The standard InChI is InChI=1S/C24H22N4O5/c1-16-8-10-18(11-9-16)28-24(31)27(15-17-5-3-6-19(13-17)32-2)23(30)21(26-28)22(29)25-14-20-7-4-12-33-20/h3-13H,14-15H2,1-2H3,(H,25,29). The maximum absolute atomic E-state index is 13.2. The van der Waals surface area contributed by atoms with Crippen LogP contribution in [-0.4, -0.2) is 27.4 Å². The second-order valence-corrected chi connectivity index (χ2v) is 7.38. The second kappa shape index (κ2) is 9.39. The molecule has 2 aromatic heterocycles. The van der Waals surface area contributed by atoms with E-state index in [1.807, 2.05) is 19.1 Å². The predicted octanol–water partition coefficient (Wildman–Crippen LogP) is 2.28. The van der Waals surface area contributed by atoms with Crippen LogP contribution in [0, 0.1) is 6.92 Å². The van der Waals surface area contributed by atoms with Crippen LogP contribution in [0.3, 0.4) is 0 Å². The quantitative estimate of drug-likeness (QED) is 0.467. The molecule has 0 radical (unpaired) electrons. The number of carbonyl (C=O) groups is 1. The summed E-state index contributed by atoms with van der Waals surface area (Å²) in [5.41, 5.74) is 0.247. The van der Waals surface area contributed by atoms with Gasteiger partial charge in [-0.1, -0.05) is 29.8 Å². The number of amides is 1. The minimum Gasteiger partial charge on any atom is -0.497 e. The first-order valence-corrected chi connectivity index (χ1v) is 10.2. The lowest BCUT2D eigenvalue weighted by Crippen LogP contribution is -2.46. The molecule has 9 nitrogen and oxygen atoms in total. The average molecular weight is 446 g/mol. The lowest BCUT2D eigenvalue weighted by molar-refractivity contribution is 0.0938. The van der Waals surface area contributed by atoms with Gasteiger partial charge in [0.2, 0.25) is 5.69 Å². The summed E-state index contributed by atoms with van der Waals surface area (Å²) in [6.45, 7) is 1.94. The minimum absolute atomic E-state index is 0.0539. The summed E-state index contributed by atoms with van der Waals surface area (Å²) in [5, 5.41) is 6.73. The van der Waals surface area contributed by atoms with Crippen molar-refractivity contribution >= 4 is 5.91 Å². The summed E-state index contributed by atoms with van der Waals surface area (Å²) in [6.07, 6.45) is 1.48. The molecule has 4 aromatic rings. The van der Waals surface area contributed by atoms with Gasteiger partial charge in [-0.25, -0.2) is 4.79 Å². The SMILES string of the molecule is COc1cccc(Cn2c(=O)c(C(=O)NCc3ccco3)nn(-c3ccc(C)cc3)c2=O)c1. The highest BCUT2D eigenvalue weighted by Gasteiger charge is 2.21. The van der Waals surface area contributed by atoms with Crippen molar-refractivity contribution in [1.82, 2.24) is 19.7 Å². The molecule has 0 fully saturated rings. The summed E-state index contributed by atoms with van der Waals surface area (Å²) in [4.78, 5) is 39.3. The highest BCUT2D eigenvalue weighted by Crippen LogP contribution is 2.13. The van der Waals surface area contributed by atoms with E-state index >= 15 is 0 Å². The van der Waals surface area contributed by atoms with E-state index < -0.39 is 22.9 Å². The third-order valence-electron chi connectivity index (χ3n) is 5.03. The smallest absolute Gasteiger partial charge is 0.352 e. The van der Waals surface area contributed by atoms with Crippen molar-refractivity contribution in [2.45, 2.75) is 20.0 Å². The number of nitrogens with zero attached hydrogens (tertiary/aromatic N) is 3. The van der Waals surface area contributed by atoms with Gasteiger partial charge in [-0.2, -0.15) is 9.78 Å². The third kappa shape index (κ3) is 4.77. The Morgan fingerprint density at radius 1 is 1.09 bits per heavy atom. The zero-order chi connectivity index (χ0) is 23.4. The van der Waals surface area contributed by atoms with E-state index in [2.05, 4.69) is 10.4 Å². The highest BCUT2D eigenvalue weighted by molar-refractivity contribution is 5.91. The van der Waals surface area contributed by atoms with Gasteiger partial charge in [0.05, 0.1) is 32.1 Å². The molecule has 1 N–H and O–H groups in total. The van der Waals surface area contributed by atoms with Crippen LogP contribution in [0.2, 0.25) is 0 Å². The van der Waals surface area contributed by atoms with Gasteiger partial charge in [-0.05, 0) is 48.9 Å². The normalized spacial score (nSPS) is 10.7. The Bertz CT molecular complexity index is 1390. The number of rotatable bonds is 7. The van der Waals surface area contributed by atoms with Crippen molar-refractivity contribution in [3.8, 4) is 11.4 Å². The average Bonchev–Trinajstić information content (AvgIpc) is 3.35. The number of aryl methyl sites for hydroxylation is 1. The summed E-state index contributed by atoms with van der Waals surface area (Å²) >= 11 is 0. The van der Waals surface area contributed by atoms with Crippen LogP contribution in [0.15, 0.2) is 80.9 Å². The summed E-state index contributed by atoms with van der Waals surface area (Å²) in [6, 6.07) is 17.4. The lowest BCUT2D eigenvalue weighted by Gasteiger charge is -2.13. The molecule has 0 aliphatic heterocycles. The number of hydrogen-bond donors (Lipinski definition) is 1. The van der Waals surface area contributed by atoms with Crippen LogP contribution in [0.5, 0.6) is 5.75 Å². The number of aromatic nitrogens is 3. The van der Waals surface area contributed by atoms with Crippen LogP contribution in [0.25, 0.3) is 5.69 Å². The number of methoxy groups -OCH3 is 1. The molecule has 0 spiro atoms. The van der Waals surface area contributed by atoms with Gasteiger partial charge in [0.25, 0.3) is 11.5 Å². The number of furan rings is 1. The number of nitrogens with one attached hydrogen (secondary N) is 1. The Hall–Kier alpha value is -4.40. The summed E-state index contributed by atoms with van der Waals surface area (Å²) in [7, 11) is 1.53. The molecule has 0 unspecified atom stereocenters. The number of carbonyl (C=O) groups excluding carboxylic acids is 1. The molecular formula is C24H22N4O5.